The van der Waals surface area contributed by atoms with Crippen molar-refractivity contribution in [2.24, 2.45) is 11.8 Å². The van der Waals surface area contributed by atoms with Gasteiger partial charge in [-0.1, -0.05) is 0 Å². The Morgan fingerprint density at radius 3 is 2.32 bits per heavy atom. The molecule has 2 amide bonds. The lowest BCUT2D eigenvalue weighted by molar-refractivity contribution is -0.162. The monoisotopic (exact) mass is 358 g/mol. The zero-order valence-electron chi connectivity index (χ0n) is 15.1. The number of nitrogens with one attached hydrogen (secondary N) is 1. The van der Waals surface area contributed by atoms with Crippen molar-refractivity contribution in [1.29, 1.82) is 0 Å². The predicted octanol–water partition coefficient (Wildman–Crippen LogP) is 0.827. The molecule has 142 valence electrons. The van der Waals surface area contributed by atoms with Crippen LogP contribution in [0.3, 0.4) is 0 Å². The molecule has 0 aromatic carbocycles. The second-order valence-electron chi connectivity index (χ2n) is 6.39. The first-order valence-electron chi connectivity index (χ1n) is 8.45. The van der Waals surface area contributed by atoms with Crippen LogP contribution in [0.25, 0.3) is 0 Å². The molecule has 0 aromatic rings. The molecule has 25 heavy (non-hydrogen) atoms. The highest BCUT2D eigenvalue weighted by Crippen LogP contribution is 2.46. The molecule has 2 aliphatic rings. The summed E-state index contributed by atoms with van der Waals surface area (Å²) in [4.78, 5) is 36.9. The van der Waals surface area contributed by atoms with E-state index in [-0.39, 0.29) is 25.5 Å². The van der Waals surface area contributed by atoms with E-state index in [0.717, 1.165) is 0 Å². The third-order valence-electron chi connectivity index (χ3n) is 4.42. The van der Waals surface area contributed by atoms with Crippen molar-refractivity contribution >= 4 is 18.0 Å². The van der Waals surface area contributed by atoms with E-state index in [4.69, 9.17) is 14.2 Å². The Kier molecular flexibility index (Phi) is 6.23. The van der Waals surface area contributed by atoms with Crippen LogP contribution in [0.15, 0.2) is 0 Å². The normalized spacial score (nSPS) is 24.4. The molecule has 9 heteroatoms. The number of methoxy groups -OCH3 is 1. The van der Waals surface area contributed by atoms with Crippen LogP contribution in [0.4, 0.5) is 4.79 Å². The minimum absolute atomic E-state index is 0.221. The molecule has 0 unspecified atom stereocenters. The summed E-state index contributed by atoms with van der Waals surface area (Å²) in [7, 11) is 1.21. The van der Waals surface area contributed by atoms with E-state index in [1.165, 1.54) is 12.1 Å². The number of hydrazine groups is 1. The summed E-state index contributed by atoms with van der Waals surface area (Å²) >= 11 is 0. The molecule has 1 spiro atoms. The highest BCUT2D eigenvalue weighted by atomic mass is 16.7. The van der Waals surface area contributed by atoms with Crippen molar-refractivity contribution < 1.29 is 33.3 Å². The standard InChI is InChI=1S/C16H26N2O7/c1-5-23-14(20)12-9-16(24-6-7-25-16)8-11(12)13(19)18(10(2)3)17-15(21)22-4/h10-12H,5-9H2,1-4H3,(H,17,21)/t11-,12-/m0/s1. The molecule has 1 N–H and O–H groups in total. The largest absolute Gasteiger partial charge is 0.466 e. The maximum absolute atomic E-state index is 13.0. The third-order valence-corrected chi connectivity index (χ3v) is 4.42. The first kappa shape index (κ1) is 19.5. The third kappa shape index (κ3) is 4.21. The predicted molar refractivity (Wildman–Crippen MR) is 85.0 cm³/mol. The van der Waals surface area contributed by atoms with Crippen LogP contribution >= 0.6 is 0 Å². The van der Waals surface area contributed by atoms with Gasteiger partial charge in [0.1, 0.15) is 0 Å². The van der Waals surface area contributed by atoms with Gasteiger partial charge in [-0.3, -0.25) is 9.59 Å². The van der Waals surface area contributed by atoms with Crippen molar-refractivity contribution in [3.63, 3.8) is 0 Å². The van der Waals surface area contributed by atoms with Gasteiger partial charge in [-0.25, -0.2) is 15.2 Å². The Hall–Kier alpha value is -1.87. The van der Waals surface area contributed by atoms with Gasteiger partial charge in [-0.2, -0.15) is 0 Å². The molecular weight excluding hydrogens is 332 g/mol. The molecule has 1 aliphatic carbocycles. The summed E-state index contributed by atoms with van der Waals surface area (Å²) in [5, 5.41) is 1.18. The summed E-state index contributed by atoms with van der Waals surface area (Å²) in [5.74, 6) is -3.19. The molecule has 1 heterocycles. The van der Waals surface area contributed by atoms with Crippen molar-refractivity contribution in [2.45, 2.75) is 45.4 Å². The molecule has 2 fully saturated rings. The number of carbonyl (C=O) groups is 3. The number of hydrogen-bond donors (Lipinski definition) is 1. The van der Waals surface area contributed by atoms with Gasteiger partial charge in [0, 0.05) is 18.9 Å². The van der Waals surface area contributed by atoms with Gasteiger partial charge in [0.25, 0.3) is 0 Å². The summed E-state index contributed by atoms with van der Waals surface area (Å²) in [5.41, 5.74) is 2.40. The molecule has 0 aromatic heterocycles. The Morgan fingerprint density at radius 1 is 1.20 bits per heavy atom. The minimum atomic E-state index is -0.939. The van der Waals surface area contributed by atoms with Gasteiger partial charge in [-0.15, -0.1) is 0 Å². The van der Waals surface area contributed by atoms with E-state index in [1.807, 2.05) is 0 Å². The van der Waals surface area contributed by atoms with E-state index in [1.54, 1.807) is 20.8 Å². The molecule has 0 bridgehead atoms. The summed E-state index contributed by atoms with van der Waals surface area (Å²) in [6.45, 7) is 6.27. The maximum atomic E-state index is 13.0. The summed E-state index contributed by atoms with van der Waals surface area (Å²) < 4.78 is 21.0. The number of esters is 1. The van der Waals surface area contributed by atoms with Crippen LogP contribution in [0.2, 0.25) is 0 Å². The average molecular weight is 358 g/mol. The minimum Gasteiger partial charge on any atom is -0.466 e. The zero-order valence-corrected chi connectivity index (χ0v) is 15.1. The second-order valence-corrected chi connectivity index (χ2v) is 6.39. The summed E-state index contributed by atoms with van der Waals surface area (Å²) in [6.07, 6.45) is -0.260. The van der Waals surface area contributed by atoms with Crippen LogP contribution in [0.5, 0.6) is 0 Å². The molecule has 1 saturated heterocycles. The number of nitrogens with zero attached hydrogens (tertiary/aromatic N) is 1. The first-order valence-corrected chi connectivity index (χ1v) is 8.45. The average Bonchev–Trinajstić information content (AvgIpc) is 3.19. The van der Waals surface area contributed by atoms with E-state index >= 15 is 0 Å². The van der Waals surface area contributed by atoms with Crippen molar-refractivity contribution in [2.75, 3.05) is 26.9 Å². The van der Waals surface area contributed by atoms with E-state index < -0.39 is 35.6 Å². The van der Waals surface area contributed by atoms with Crippen LogP contribution in [0, 0.1) is 11.8 Å². The number of carbonyl (C=O) groups excluding carboxylic acids is 3. The molecular formula is C16H26N2O7. The van der Waals surface area contributed by atoms with Gasteiger partial charge in [0.2, 0.25) is 5.91 Å². The molecule has 0 radical (unpaired) electrons. The van der Waals surface area contributed by atoms with Crippen molar-refractivity contribution in [1.82, 2.24) is 10.4 Å². The van der Waals surface area contributed by atoms with Gasteiger partial charge in [0.15, 0.2) is 5.79 Å². The first-order chi connectivity index (χ1) is 11.8. The van der Waals surface area contributed by atoms with Crippen LogP contribution < -0.4 is 5.43 Å². The number of amides is 2. The lowest BCUT2D eigenvalue weighted by Gasteiger charge is -2.30. The van der Waals surface area contributed by atoms with Gasteiger partial charge in [0.05, 0.1) is 38.8 Å². The van der Waals surface area contributed by atoms with Crippen molar-refractivity contribution in [3.8, 4) is 0 Å². The number of rotatable bonds is 4. The fraction of sp³-hybridized carbons (Fsp3) is 0.812. The highest BCUT2D eigenvalue weighted by molar-refractivity contribution is 5.87. The molecule has 1 saturated carbocycles. The Labute approximate surface area is 146 Å². The van der Waals surface area contributed by atoms with Crippen LogP contribution in [-0.2, 0) is 28.5 Å². The quantitative estimate of drug-likeness (QED) is 0.586. The lowest BCUT2D eigenvalue weighted by atomic mass is 9.94. The van der Waals surface area contributed by atoms with Gasteiger partial charge < -0.3 is 18.9 Å². The molecule has 2 atom stereocenters. The number of hydrogen-bond acceptors (Lipinski definition) is 7. The van der Waals surface area contributed by atoms with Crippen LogP contribution in [-0.4, -0.2) is 61.7 Å². The highest BCUT2D eigenvalue weighted by Gasteiger charge is 2.56. The Morgan fingerprint density at radius 2 is 1.80 bits per heavy atom. The fourth-order valence-corrected chi connectivity index (χ4v) is 3.29. The molecule has 1 aliphatic heterocycles. The Bertz CT molecular complexity index is 517. The fourth-order valence-electron chi connectivity index (χ4n) is 3.29. The summed E-state index contributed by atoms with van der Waals surface area (Å²) in [6, 6.07) is -0.323. The number of ether oxygens (including phenoxy) is 4. The zero-order chi connectivity index (χ0) is 18.6. The van der Waals surface area contributed by atoms with Crippen molar-refractivity contribution in [3.05, 3.63) is 0 Å². The Balaban J connectivity index is 2.22. The lowest BCUT2D eigenvalue weighted by Crippen LogP contribution is -2.53. The van der Waals surface area contributed by atoms with E-state index in [0.29, 0.717) is 13.2 Å². The van der Waals surface area contributed by atoms with Gasteiger partial charge in [-0.05, 0) is 20.8 Å². The second kappa shape index (κ2) is 8.01. The van der Waals surface area contributed by atoms with E-state index in [2.05, 4.69) is 10.2 Å². The topological polar surface area (TPSA) is 103 Å². The molecule has 2 rings (SSSR count). The van der Waals surface area contributed by atoms with Gasteiger partial charge >= 0.3 is 12.1 Å². The maximum Gasteiger partial charge on any atom is 0.425 e. The SMILES string of the molecule is CCOC(=O)[C@H]1CC2(C[C@@H]1C(=O)N(NC(=O)OC)C(C)C)OCCO2. The van der Waals surface area contributed by atoms with E-state index in [9.17, 15) is 14.4 Å². The smallest absolute Gasteiger partial charge is 0.425 e. The molecule has 9 nitrogen and oxygen atoms in total. The van der Waals surface area contributed by atoms with Crippen LogP contribution in [0.1, 0.15) is 33.6 Å².